The van der Waals surface area contributed by atoms with Gasteiger partial charge in [-0.15, -0.1) is 0 Å². The van der Waals surface area contributed by atoms with Crippen molar-refractivity contribution in [1.29, 1.82) is 0 Å². The van der Waals surface area contributed by atoms with E-state index in [0.717, 1.165) is 5.56 Å². The number of aromatic nitrogens is 4. The minimum Gasteiger partial charge on any atom is -0.352 e. The van der Waals surface area contributed by atoms with Crippen LogP contribution >= 0.6 is 0 Å². The smallest absolute Gasteiger partial charge is 0.264 e. The van der Waals surface area contributed by atoms with E-state index in [2.05, 4.69) is 15.4 Å². The number of carbonyl (C=O) groups excluding carboxylic acids is 1. The van der Waals surface area contributed by atoms with E-state index in [1.165, 1.54) is 5.56 Å². The summed E-state index contributed by atoms with van der Waals surface area (Å²) in [5.41, 5.74) is 2.38. The molecule has 1 N–H and O–H groups in total. The van der Waals surface area contributed by atoms with Gasteiger partial charge in [0.25, 0.3) is 5.56 Å². The van der Waals surface area contributed by atoms with Gasteiger partial charge < -0.3 is 5.32 Å². The van der Waals surface area contributed by atoms with Crippen LogP contribution in [0.1, 0.15) is 44.1 Å². The summed E-state index contributed by atoms with van der Waals surface area (Å²) < 4.78 is 3.30. The molecule has 7 nitrogen and oxygen atoms in total. The molecule has 0 radical (unpaired) electrons. The third-order valence-corrected chi connectivity index (χ3v) is 4.69. The van der Waals surface area contributed by atoms with E-state index in [1.807, 2.05) is 52.0 Å². The zero-order valence-corrected chi connectivity index (χ0v) is 17.1. The second-order valence-electron chi connectivity index (χ2n) is 8.09. The highest BCUT2D eigenvalue weighted by atomic mass is 16.1. The number of amides is 1. The summed E-state index contributed by atoms with van der Waals surface area (Å²) in [5, 5.41) is 7.71. The van der Waals surface area contributed by atoms with Gasteiger partial charge in [0.05, 0.1) is 11.7 Å². The molecular formula is C21H27N5O2. The molecule has 0 aliphatic rings. The first-order chi connectivity index (χ1) is 13.2. The molecule has 148 valence electrons. The quantitative estimate of drug-likeness (QED) is 0.737. The van der Waals surface area contributed by atoms with E-state index in [9.17, 15) is 9.59 Å². The fourth-order valence-electron chi connectivity index (χ4n) is 3.07. The molecule has 28 heavy (non-hydrogen) atoms. The molecule has 2 aromatic heterocycles. The molecule has 0 aliphatic carbocycles. The molecule has 1 amide bonds. The molecule has 0 spiro atoms. The van der Waals surface area contributed by atoms with Crippen molar-refractivity contribution < 1.29 is 4.79 Å². The minimum absolute atomic E-state index is 0.0997. The Labute approximate surface area is 164 Å². The minimum atomic E-state index is -0.268. The summed E-state index contributed by atoms with van der Waals surface area (Å²) in [7, 11) is 0. The Morgan fingerprint density at radius 1 is 1.14 bits per heavy atom. The SMILES string of the molecule is Cc1ccc(CNC(=O)CCn2c(C)nc3c(cnn3C(C)(C)C)c2=O)cc1. The van der Waals surface area contributed by atoms with E-state index < -0.39 is 0 Å². The lowest BCUT2D eigenvalue weighted by Gasteiger charge is -2.20. The second kappa shape index (κ2) is 7.58. The van der Waals surface area contributed by atoms with E-state index in [4.69, 9.17) is 0 Å². The van der Waals surface area contributed by atoms with Gasteiger partial charge in [-0.2, -0.15) is 5.10 Å². The van der Waals surface area contributed by atoms with E-state index in [1.54, 1.807) is 22.4 Å². The van der Waals surface area contributed by atoms with Crippen LogP contribution in [-0.2, 0) is 23.4 Å². The van der Waals surface area contributed by atoms with Crippen LogP contribution < -0.4 is 10.9 Å². The number of hydrogen-bond donors (Lipinski definition) is 1. The monoisotopic (exact) mass is 381 g/mol. The second-order valence-corrected chi connectivity index (χ2v) is 8.09. The summed E-state index contributed by atoms with van der Waals surface area (Å²) in [6, 6.07) is 8.02. The Hall–Kier alpha value is -2.96. The zero-order valence-electron chi connectivity index (χ0n) is 17.1. The van der Waals surface area contributed by atoms with Crippen LogP contribution in [0.15, 0.2) is 35.3 Å². The van der Waals surface area contributed by atoms with Crippen molar-refractivity contribution in [3.63, 3.8) is 0 Å². The fourth-order valence-corrected chi connectivity index (χ4v) is 3.07. The largest absolute Gasteiger partial charge is 0.352 e. The maximum atomic E-state index is 12.9. The van der Waals surface area contributed by atoms with Gasteiger partial charge in [-0.25, -0.2) is 9.67 Å². The van der Waals surface area contributed by atoms with Gasteiger partial charge in [0, 0.05) is 19.5 Å². The molecule has 0 saturated carbocycles. The van der Waals surface area contributed by atoms with Crippen LogP contribution in [0.3, 0.4) is 0 Å². The molecule has 0 aliphatic heterocycles. The third kappa shape index (κ3) is 4.13. The molecule has 0 unspecified atom stereocenters. The summed E-state index contributed by atoms with van der Waals surface area (Å²) in [5.74, 6) is 0.479. The third-order valence-electron chi connectivity index (χ3n) is 4.69. The maximum Gasteiger partial charge on any atom is 0.264 e. The highest BCUT2D eigenvalue weighted by molar-refractivity contribution is 5.76. The van der Waals surface area contributed by atoms with Crippen molar-refractivity contribution >= 4 is 16.9 Å². The van der Waals surface area contributed by atoms with Gasteiger partial charge >= 0.3 is 0 Å². The Bertz CT molecular complexity index is 1060. The molecule has 0 fully saturated rings. The fraction of sp³-hybridized carbons (Fsp3) is 0.429. The Morgan fingerprint density at radius 3 is 2.46 bits per heavy atom. The standard InChI is InChI=1S/C21H27N5O2/c1-14-6-8-16(9-7-14)12-22-18(27)10-11-25-15(2)24-19-17(20(25)28)13-23-26(19)21(3,4)5/h6-9,13H,10-12H2,1-5H3,(H,22,27). The first kappa shape index (κ1) is 19.8. The number of carbonyl (C=O) groups is 1. The van der Waals surface area contributed by atoms with Gasteiger partial charge in [-0.3, -0.25) is 14.2 Å². The number of hydrogen-bond acceptors (Lipinski definition) is 4. The van der Waals surface area contributed by atoms with Crippen molar-refractivity contribution in [3.05, 3.63) is 57.8 Å². The van der Waals surface area contributed by atoms with Crippen molar-refractivity contribution in [2.24, 2.45) is 0 Å². The molecule has 7 heteroatoms. The predicted molar refractivity (Wildman–Crippen MR) is 109 cm³/mol. The van der Waals surface area contributed by atoms with Crippen LogP contribution in [0.2, 0.25) is 0 Å². The van der Waals surface area contributed by atoms with Gasteiger partial charge in [-0.05, 0) is 40.2 Å². The molecule has 1 aromatic carbocycles. The van der Waals surface area contributed by atoms with Crippen LogP contribution in [0.4, 0.5) is 0 Å². The highest BCUT2D eigenvalue weighted by Crippen LogP contribution is 2.18. The van der Waals surface area contributed by atoms with E-state index >= 15 is 0 Å². The lowest BCUT2D eigenvalue weighted by Crippen LogP contribution is -2.29. The molecule has 3 aromatic rings. The average molecular weight is 381 g/mol. The van der Waals surface area contributed by atoms with Gasteiger partial charge in [0.15, 0.2) is 5.65 Å². The van der Waals surface area contributed by atoms with Crippen molar-refractivity contribution in [3.8, 4) is 0 Å². The zero-order chi connectivity index (χ0) is 20.5. The predicted octanol–water partition coefficient (Wildman–Crippen LogP) is 2.67. The van der Waals surface area contributed by atoms with Crippen LogP contribution in [-0.4, -0.2) is 25.2 Å². The molecule has 3 rings (SSSR count). The number of benzene rings is 1. The number of nitrogens with one attached hydrogen (secondary N) is 1. The number of nitrogens with zero attached hydrogens (tertiary/aromatic N) is 4. The first-order valence-electron chi connectivity index (χ1n) is 9.45. The van der Waals surface area contributed by atoms with Crippen LogP contribution in [0, 0.1) is 13.8 Å². The number of fused-ring (bicyclic) bond motifs is 1. The van der Waals surface area contributed by atoms with Crippen LogP contribution in [0.25, 0.3) is 11.0 Å². The summed E-state index contributed by atoms with van der Waals surface area (Å²) >= 11 is 0. The molecular weight excluding hydrogens is 354 g/mol. The van der Waals surface area contributed by atoms with Crippen molar-refractivity contribution in [1.82, 2.24) is 24.6 Å². The molecule has 0 bridgehead atoms. The first-order valence-corrected chi connectivity index (χ1v) is 9.45. The lowest BCUT2D eigenvalue weighted by molar-refractivity contribution is -0.121. The van der Waals surface area contributed by atoms with Crippen LogP contribution in [0.5, 0.6) is 0 Å². The maximum absolute atomic E-state index is 12.9. The Kier molecular flexibility index (Phi) is 5.36. The summed E-state index contributed by atoms with van der Waals surface area (Å²) in [6.07, 6.45) is 1.77. The Morgan fingerprint density at radius 2 is 1.82 bits per heavy atom. The van der Waals surface area contributed by atoms with E-state index in [-0.39, 0.29) is 30.0 Å². The number of rotatable bonds is 5. The Balaban J connectivity index is 1.71. The highest BCUT2D eigenvalue weighted by Gasteiger charge is 2.21. The van der Waals surface area contributed by atoms with Crippen molar-refractivity contribution in [2.75, 3.05) is 0 Å². The van der Waals surface area contributed by atoms with Gasteiger partial charge in [-0.1, -0.05) is 29.8 Å². The topological polar surface area (TPSA) is 81.8 Å². The van der Waals surface area contributed by atoms with E-state index in [0.29, 0.717) is 23.4 Å². The van der Waals surface area contributed by atoms with Gasteiger partial charge in [0.1, 0.15) is 11.2 Å². The summed E-state index contributed by atoms with van der Waals surface area (Å²) in [4.78, 5) is 29.6. The van der Waals surface area contributed by atoms with Gasteiger partial charge in [0.2, 0.25) is 5.91 Å². The molecule has 0 atom stereocenters. The average Bonchev–Trinajstić information content (AvgIpc) is 3.05. The lowest BCUT2D eigenvalue weighted by atomic mass is 10.1. The molecule has 2 heterocycles. The van der Waals surface area contributed by atoms with Crippen molar-refractivity contribution in [2.45, 2.75) is 59.7 Å². The molecule has 0 saturated heterocycles. The normalized spacial score (nSPS) is 11.8. The summed E-state index contributed by atoms with van der Waals surface area (Å²) in [6.45, 7) is 10.6. The number of aryl methyl sites for hydroxylation is 2.